The maximum absolute atomic E-state index is 13.0. The predicted molar refractivity (Wildman–Crippen MR) is 81.0 cm³/mol. The summed E-state index contributed by atoms with van der Waals surface area (Å²) in [5, 5.41) is 0. The third-order valence-electron chi connectivity index (χ3n) is 2.85. The Morgan fingerprint density at radius 1 is 1.16 bits per heavy atom. The van der Waals surface area contributed by atoms with E-state index in [4.69, 9.17) is 0 Å². The van der Waals surface area contributed by atoms with Crippen molar-refractivity contribution in [2.75, 3.05) is 0 Å². The van der Waals surface area contributed by atoms with Gasteiger partial charge in [-0.05, 0) is 42.3 Å². The van der Waals surface area contributed by atoms with Crippen LogP contribution in [0.4, 0.5) is 4.39 Å². The van der Waals surface area contributed by atoms with E-state index in [-0.39, 0.29) is 18.0 Å². The number of ketones is 1. The van der Waals surface area contributed by atoms with Crippen LogP contribution in [0.2, 0.25) is 0 Å². The molecule has 0 spiro atoms. The van der Waals surface area contributed by atoms with Gasteiger partial charge in [0.05, 0.1) is 0 Å². The number of Topliss-reactive ketones (excluding diaryl/α,β-unsaturated/α-hetero) is 1. The number of aryl methyl sites for hydroxylation is 1. The van der Waals surface area contributed by atoms with E-state index in [1.165, 1.54) is 12.1 Å². The zero-order chi connectivity index (χ0) is 14.0. The second kappa shape index (κ2) is 5.97. The van der Waals surface area contributed by atoms with Crippen LogP contribution in [0.5, 0.6) is 0 Å². The highest BCUT2D eigenvalue weighted by Crippen LogP contribution is 2.22. The van der Waals surface area contributed by atoms with Crippen molar-refractivity contribution >= 4 is 37.6 Å². The smallest absolute Gasteiger partial charge is 0.167 e. The van der Waals surface area contributed by atoms with Crippen LogP contribution in [-0.4, -0.2) is 5.78 Å². The van der Waals surface area contributed by atoms with Crippen LogP contribution in [0.1, 0.15) is 21.5 Å². The van der Waals surface area contributed by atoms with Gasteiger partial charge in [0, 0.05) is 20.9 Å². The molecule has 19 heavy (non-hydrogen) atoms. The molecule has 2 rings (SSSR count). The fourth-order valence-corrected chi connectivity index (χ4v) is 2.84. The topological polar surface area (TPSA) is 17.1 Å². The van der Waals surface area contributed by atoms with E-state index < -0.39 is 0 Å². The molecule has 0 unspecified atom stereocenters. The molecule has 98 valence electrons. The van der Waals surface area contributed by atoms with E-state index in [2.05, 4.69) is 31.9 Å². The molecule has 0 saturated carbocycles. The van der Waals surface area contributed by atoms with Gasteiger partial charge in [-0.25, -0.2) is 4.39 Å². The van der Waals surface area contributed by atoms with Crippen LogP contribution in [0.3, 0.4) is 0 Å². The maximum Gasteiger partial charge on any atom is 0.167 e. The number of benzene rings is 2. The van der Waals surface area contributed by atoms with E-state index >= 15 is 0 Å². The highest BCUT2D eigenvalue weighted by Gasteiger charge is 2.12. The lowest BCUT2D eigenvalue weighted by Gasteiger charge is -2.07. The zero-order valence-corrected chi connectivity index (χ0v) is 13.4. The summed E-state index contributed by atoms with van der Waals surface area (Å²) in [5.41, 5.74) is 2.41. The molecular formula is C15H11Br2FO. The minimum Gasteiger partial charge on any atom is -0.294 e. The SMILES string of the molecule is Cc1cc(Br)ccc1C(=O)Cc1ccc(F)cc1Br. The Labute approximate surface area is 128 Å². The molecule has 0 aliphatic carbocycles. The van der Waals surface area contributed by atoms with Crippen LogP contribution in [0, 0.1) is 12.7 Å². The van der Waals surface area contributed by atoms with Gasteiger partial charge in [0.25, 0.3) is 0 Å². The molecule has 0 atom stereocenters. The van der Waals surface area contributed by atoms with E-state index in [1.54, 1.807) is 12.1 Å². The van der Waals surface area contributed by atoms with Gasteiger partial charge >= 0.3 is 0 Å². The Balaban J connectivity index is 2.25. The largest absolute Gasteiger partial charge is 0.294 e. The highest BCUT2D eigenvalue weighted by atomic mass is 79.9. The normalized spacial score (nSPS) is 10.5. The quantitative estimate of drug-likeness (QED) is 0.673. The molecule has 0 aliphatic rings. The highest BCUT2D eigenvalue weighted by molar-refractivity contribution is 9.10. The monoisotopic (exact) mass is 384 g/mol. The van der Waals surface area contributed by atoms with Crippen LogP contribution < -0.4 is 0 Å². The summed E-state index contributed by atoms with van der Waals surface area (Å²) in [4.78, 5) is 12.3. The number of hydrogen-bond acceptors (Lipinski definition) is 1. The second-order valence-corrected chi connectivity index (χ2v) is 6.06. The molecule has 0 amide bonds. The number of hydrogen-bond donors (Lipinski definition) is 0. The van der Waals surface area contributed by atoms with Crippen LogP contribution in [0.15, 0.2) is 45.3 Å². The molecule has 0 fully saturated rings. The third kappa shape index (κ3) is 3.51. The van der Waals surface area contributed by atoms with Gasteiger partial charge in [0.15, 0.2) is 5.78 Å². The summed E-state index contributed by atoms with van der Waals surface area (Å²) >= 11 is 6.65. The summed E-state index contributed by atoms with van der Waals surface area (Å²) < 4.78 is 14.6. The first kappa shape index (κ1) is 14.4. The molecule has 0 radical (unpaired) electrons. The first-order chi connectivity index (χ1) is 8.97. The van der Waals surface area contributed by atoms with E-state index in [1.807, 2.05) is 19.1 Å². The third-order valence-corrected chi connectivity index (χ3v) is 4.09. The summed E-state index contributed by atoms with van der Waals surface area (Å²) in [5.74, 6) is -0.291. The fourth-order valence-electron chi connectivity index (χ4n) is 1.87. The van der Waals surface area contributed by atoms with E-state index in [0.29, 0.717) is 10.0 Å². The molecule has 0 bridgehead atoms. The molecule has 4 heteroatoms. The Morgan fingerprint density at radius 2 is 1.89 bits per heavy atom. The molecule has 0 heterocycles. The summed E-state index contributed by atoms with van der Waals surface area (Å²) in [7, 11) is 0. The fraction of sp³-hybridized carbons (Fsp3) is 0.133. The minimum atomic E-state index is -0.317. The minimum absolute atomic E-state index is 0.0253. The predicted octanol–water partition coefficient (Wildman–Crippen LogP) is 5.08. The first-order valence-corrected chi connectivity index (χ1v) is 7.29. The van der Waals surface area contributed by atoms with Crippen LogP contribution in [-0.2, 0) is 6.42 Å². The number of rotatable bonds is 3. The van der Waals surface area contributed by atoms with Gasteiger partial charge in [0.1, 0.15) is 5.82 Å². The molecule has 0 N–H and O–H groups in total. The molecule has 0 aliphatic heterocycles. The molecule has 0 saturated heterocycles. The Hall–Kier alpha value is -1.00. The van der Waals surface area contributed by atoms with Gasteiger partial charge < -0.3 is 0 Å². The lowest BCUT2D eigenvalue weighted by molar-refractivity contribution is 0.0992. The van der Waals surface area contributed by atoms with Crippen LogP contribution in [0.25, 0.3) is 0 Å². The van der Waals surface area contributed by atoms with Crippen molar-refractivity contribution in [1.82, 2.24) is 0 Å². The molecular weight excluding hydrogens is 375 g/mol. The van der Waals surface area contributed by atoms with Gasteiger partial charge in [-0.1, -0.05) is 44.0 Å². The van der Waals surface area contributed by atoms with Crippen molar-refractivity contribution in [1.29, 1.82) is 0 Å². The first-order valence-electron chi connectivity index (χ1n) is 5.70. The molecule has 2 aromatic rings. The van der Waals surface area contributed by atoms with Crippen molar-refractivity contribution in [2.45, 2.75) is 13.3 Å². The average Bonchev–Trinajstić information content (AvgIpc) is 2.32. The number of halogens is 3. The lowest BCUT2D eigenvalue weighted by Crippen LogP contribution is -2.06. The lowest BCUT2D eigenvalue weighted by atomic mass is 9.99. The van der Waals surface area contributed by atoms with Crippen molar-refractivity contribution in [3.05, 3.63) is 67.9 Å². The van der Waals surface area contributed by atoms with Crippen molar-refractivity contribution in [3.8, 4) is 0 Å². The maximum atomic E-state index is 13.0. The van der Waals surface area contributed by atoms with E-state index in [0.717, 1.165) is 15.6 Å². The summed E-state index contributed by atoms with van der Waals surface area (Å²) in [6.07, 6.45) is 0.253. The van der Waals surface area contributed by atoms with Crippen LogP contribution >= 0.6 is 31.9 Å². The Bertz CT molecular complexity index is 638. The summed E-state index contributed by atoms with van der Waals surface area (Å²) in [6, 6.07) is 9.93. The molecule has 1 nitrogen and oxygen atoms in total. The Kier molecular flexibility index (Phi) is 4.53. The molecule has 2 aromatic carbocycles. The van der Waals surface area contributed by atoms with Crippen molar-refractivity contribution < 1.29 is 9.18 Å². The number of carbonyl (C=O) groups excluding carboxylic acids is 1. The Morgan fingerprint density at radius 3 is 2.53 bits per heavy atom. The summed E-state index contributed by atoms with van der Waals surface area (Å²) in [6.45, 7) is 1.90. The van der Waals surface area contributed by atoms with Gasteiger partial charge in [0.2, 0.25) is 0 Å². The van der Waals surface area contributed by atoms with Gasteiger partial charge in [-0.3, -0.25) is 4.79 Å². The van der Waals surface area contributed by atoms with Gasteiger partial charge in [-0.2, -0.15) is 0 Å². The van der Waals surface area contributed by atoms with Gasteiger partial charge in [-0.15, -0.1) is 0 Å². The average molecular weight is 386 g/mol. The zero-order valence-electron chi connectivity index (χ0n) is 10.2. The second-order valence-electron chi connectivity index (χ2n) is 4.29. The number of carbonyl (C=O) groups is 1. The van der Waals surface area contributed by atoms with Crippen molar-refractivity contribution in [3.63, 3.8) is 0 Å². The molecule has 0 aromatic heterocycles. The van der Waals surface area contributed by atoms with E-state index in [9.17, 15) is 9.18 Å². The van der Waals surface area contributed by atoms with Crippen molar-refractivity contribution in [2.24, 2.45) is 0 Å². The standard InChI is InChI=1S/C15H11Br2FO/c1-9-6-11(16)3-5-13(9)15(19)7-10-2-4-12(18)8-14(10)17/h2-6,8H,7H2,1H3.